The monoisotopic (exact) mass is 468 g/mol. The molecule has 0 bridgehead atoms. The Morgan fingerprint density at radius 1 is 0.909 bits per heavy atom. The first-order valence-electron chi connectivity index (χ1n) is 10.4. The van der Waals surface area contributed by atoms with Crippen LogP contribution in [0.5, 0.6) is 11.5 Å². The van der Waals surface area contributed by atoms with Crippen molar-refractivity contribution in [1.82, 2.24) is 9.62 Å². The third kappa shape index (κ3) is 6.34. The SMILES string of the molecule is COc1ccc(CN(C)C(=O)c2ccc(OC)c(S(=O)(=O)NCCc3ccccc3)c2)cc1. The number of amides is 1. The van der Waals surface area contributed by atoms with Crippen molar-refractivity contribution in [3.63, 3.8) is 0 Å². The predicted octanol–water partition coefficient (Wildman–Crippen LogP) is 3.50. The Balaban J connectivity index is 1.74. The summed E-state index contributed by atoms with van der Waals surface area (Å²) in [5, 5.41) is 0. The average molecular weight is 469 g/mol. The number of hydrogen-bond donors (Lipinski definition) is 1. The molecule has 33 heavy (non-hydrogen) atoms. The van der Waals surface area contributed by atoms with Crippen molar-refractivity contribution in [3.05, 3.63) is 89.5 Å². The molecule has 0 aliphatic rings. The Labute approximate surface area is 195 Å². The summed E-state index contributed by atoms with van der Waals surface area (Å²) < 4.78 is 38.9. The first-order valence-corrected chi connectivity index (χ1v) is 11.9. The van der Waals surface area contributed by atoms with Gasteiger partial charge in [0.25, 0.3) is 5.91 Å². The van der Waals surface area contributed by atoms with Crippen LogP contribution in [0.15, 0.2) is 77.7 Å². The maximum Gasteiger partial charge on any atom is 0.253 e. The molecule has 1 amide bonds. The van der Waals surface area contributed by atoms with Crippen LogP contribution in [-0.2, 0) is 23.0 Å². The zero-order chi connectivity index (χ0) is 23.8. The van der Waals surface area contributed by atoms with Gasteiger partial charge < -0.3 is 14.4 Å². The van der Waals surface area contributed by atoms with E-state index < -0.39 is 10.0 Å². The molecule has 0 fully saturated rings. The molecule has 0 aliphatic carbocycles. The summed E-state index contributed by atoms with van der Waals surface area (Å²) >= 11 is 0. The van der Waals surface area contributed by atoms with Gasteiger partial charge in [-0.25, -0.2) is 13.1 Å². The van der Waals surface area contributed by atoms with E-state index >= 15 is 0 Å². The van der Waals surface area contributed by atoms with Gasteiger partial charge in [0, 0.05) is 25.7 Å². The molecule has 0 aromatic heterocycles. The van der Waals surface area contributed by atoms with Gasteiger partial charge in [0.15, 0.2) is 0 Å². The quantitative estimate of drug-likeness (QED) is 0.492. The molecule has 0 spiro atoms. The van der Waals surface area contributed by atoms with Gasteiger partial charge in [0.1, 0.15) is 16.4 Å². The standard InChI is InChI=1S/C25H28N2O5S/c1-27(18-20-9-12-22(31-2)13-10-20)25(28)21-11-14-23(32-3)24(17-21)33(29,30)26-16-15-19-7-5-4-6-8-19/h4-14,17,26H,15-16,18H2,1-3H3. The Hall–Kier alpha value is -3.36. The molecular formula is C25H28N2O5S. The average Bonchev–Trinajstić information content (AvgIpc) is 2.84. The van der Waals surface area contributed by atoms with Crippen LogP contribution in [0, 0.1) is 0 Å². The number of benzene rings is 3. The molecule has 0 atom stereocenters. The third-order valence-corrected chi connectivity index (χ3v) is 6.66. The van der Waals surface area contributed by atoms with E-state index in [2.05, 4.69) is 4.72 Å². The summed E-state index contributed by atoms with van der Waals surface area (Å²) in [6.45, 7) is 0.595. The van der Waals surface area contributed by atoms with Crippen molar-refractivity contribution in [2.24, 2.45) is 0 Å². The van der Waals surface area contributed by atoms with E-state index in [-0.39, 0.29) is 28.7 Å². The number of nitrogens with one attached hydrogen (secondary N) is 1. The van der Waals surface area contributed by atoms with Crippen molar-refractivity contribution in [3.8, 4) is 11.5 Å². The number of hydrogen-bond acceptors (Lipinski definition) is 5. The second kappa shape index (κ2) is 11.0. The van der Waals surface area contributed by atoms with Gasteiger partial charge in [-0.2, -0.15) is 0 Å². The van der Waals surface area contributed by atoms with Crippen molar-refractivity contribution in [1.29, 1.82) is 0 Å². The number of carbonyl (C=O) groups excluding carboxylic acids is 1. The molecule has 174 valence electrons. The topological polar surface area (TPSA) is 84.9 Å². The van der Waals surface area contributed by atoms with Gasteiger partial charge in [-0.15, -0.1) is 0 Å². The fourth-order valence-electron chi connectivity index (χ4n) is 3.37. The highest BCUT2D eigenvalue weighted by Crippen LogP contribution is 2.26. The Bertz CT molecular complexity index is 1180. The van der Waals surface area contributed by atoms with Crippen LogP contribution >= 0.6 is 0 Å². The number of nitrogens with zero attached hydrogens (tertiary/aromatic N) is 1. The smallest absolute Gasteiger partial charge is 0.253 e. The van der Waals surface area contributed by atoms with E-state index in [4.69, 9.17) is 9.47 Å². The van der Waals surface area contributed by atoms with E-state index in [0.29, 0.717) is 13.0 Å². The lowest BCUT2D eigenvalue weighted by Crippen LogP contribution is -2.28. The third-order valence-electron chi connectivity index (χ3n) is 5.17. The van der Waals surface area contributed by atoms with E-state index in [1.807, 2.05) is 54.6 Å². The molecule has 8 heteroatoms. The Morgan fingerprint density at radius 2 is 1.61 bits per heavy atom. The summed E-state index contributed by atoms with van der Waals surface area (Å²) in [5.74, 6) is 0.614. The van der Waals surface area contributed by atoms with Gasteiger partial charge in [-0.05, 0) is 47.9 Å². The van der Waals surface area contributed by atoms with Crippen LogP contribution < -0.4 is 14.2 Å². The summed E-state index contributed by atoms with van der Waals surface area (Å²) in [6.07, 6.45) is 0.547. The molecule has 3 aromatic carbocycles. The fourth-order valence-corrected chi connectivity index (χ4v) is 4.59. The van der Waals surface area contributed by atoms with Crippen molar-refractivity contribution in [2.45, 2.75) is 17.9 Å². The van der Waals surface area contributed by atoms with E-state index in [1.54, 1.807) is 20.2 Å². The molecule has 3 aromatic rings. The number of carbonyl (C=O) groups is 1. The number of methoxy groups -OCH3 is 2. The highest BCUT2D eigenvalue weighted by molar-refractivity contribution is 7.89. The Morgan fingerprint density at radius 3 is 2.24 bits per heavy atom. The number of ether oxygens (including phenoxy) is 2. The largest absolute Gasteiger partial charge is 0.497 e. The van der Waals surface area contributed by atoms with Crippen LogP contribution in [0.1, 0.15) is 21.5 Å². The van der Waals surface area contributed by atoms with Crippen LogP contribution in [0.4, 0.5) is 0 Å². The van der Waals surface area contributed by atoms with Gasteiger partial charge in [0.05, 0.1) is 14.2 Å². The normalized spacial score (nSPS) is 11.1. The number of sulfonamides is 1. The fraction of sp³-hybridized carbons (Fsp3) is 0.240. The van der Waals surface area contributed by atoms with Crippen LogP contribution in [0.2, 0.25) is 0 Å². The highest BCUT2D eigenvalue weighted by atomic mass is 32.2. The first-order chi connectivity index (χ1) is 15.8. The number of rotatable bonds is 10. The van der Waals surface area contributed by atoms with Crippen molar-refractivity contribution < 1.29 is 22.7 Å². The molecule has 0 heterocycles. The van der Waals surface area contributed by atoms with E-state index in [1.165, 1.54) is 24.1 Å². The second-order valence-electron chi connectivity index (χ2n) is 7.51. The zero-order valence-corrected chi connectivity index (χ0v) is 19.8. The molecule has 0 saturated heterocycles. The summed E-state index contributed by atoms with van der Waals surface area (Å²) in [7, 11) is 0.781. The second-order valence-corrected chi connectivity index (χ2v) is 9.24. The maximum absolute atomic E-state index is 13.0. The molecule has 7 nitrogen and oxygen atoms in total. The highest BCUT2D eigenvalue weighted by Gasteiger charge is 2.22. The summed E-state index contributed by atoms with van der Waals surface area (Å²) in [5.41, 5.74) is 2.21. The van der Waals surface area contributed by atoms with E-state index in [9.17, 15) is 13.2 Å². The minimum atomic E-state index is -3.88. The van der Waals surface area contributed by atoms with Crippen molar-refractivity contribution in [2.75, 3.05) is 27.8 Å². The minimum absolute atomic E-state index is 0.0678. The van der Waals surface area contributed by atoms with Gasteiger partial charge >= 0.3 is 0 Å². The zero-order valence-electron chi connectivity index (χ0n) is 18.9. The molecule has 0 radical (unpaired) electrons. The van der Waals surface area contributed by atoms with Crippen LogP contribution in [0.25, 0.3) is 0 Å². The molecule has 0 saturated carbocycles. The van der Waals surface area contributed by atoms with Gasteiger partial charge in [-0.3, -0.25) is 4.79 Å². The first kappa shape index (κ1) is 24.3. The van der Waals surface area contributed by atoms with E-state index in [0.717, 1.165) is 16.9 Å². The van der Waals surface area contributed by atoms with Crippen molar-refractivity contribution >= 4 is 15.9 Å². The molecular weight excluding hydrogens is 440 g/mol. The lowest BCUT2D eigenvalue weighted by Gasteiger charge is -2.19. The molecule has 0 unspecified atom stereocenters. The molecule has 3 rings (SSSR count). The summed E-state index contributed by atoms with van der Waals surface area (Å²) in [4.78, 5) is 14.5. The lowest BCUT2D eigenvalue weighted by molar-refractivity contribution is 0.0785. The van der Waals surface area contributed by atoms with Crippen LogP contribution in [-0.4, -0.2) is 47.0 Å². The maximum atomic E-state index is 13.0. The van der Waals surface area contributed by atoms with Gasteiger partial charge in [0.2, 0.25) is 10.0 Å². The van der Waals surface area contributed by atoms with Crippen LogP contribution in [0.3, 0.4) is 0 Å². The predicted molar refractivity (Wildman–Crippen MR) is 127 cm³/mol. The van der Waals surface area contributed by atoms with Gasteiger partial charge in [-0.1, -0.05) is 42.5 Å². The Kier molecular flexibility index (Phi) is 8.08. The minimum Gasteiger partial charge on any atom is -0.497 e. The molecule has 0 aliphatic heterocycles. The lowest BCUT2D eigenvalue weighted by atomic mass is 10.1. The molecule has 1 N–H and O–H groups in total. The summed E-state index contributed by atoms with van der Waals surface area (Å²) in [6, 6.07) is 21.4.